The van der Waals surface area contributed by atoms with Crippen LogP contribution in [0.3, 0.4) is 0 Å². The zero-order valence-corrected chi connectivity index (χ0v) is 10.8. The highest BCUT2D eigenvalue weighted by molar-refractivity contribution is 6.16. The first-order chi connectivity index (χ1) is 7.57. The standard InChI is InChI=1S/C12H18ClNO2/c1-12(2,15-3)5-7-16-11-4-6-14-10(8-11)9-13/h4,6,8H,5,7,9H2,1-3H3. The van der Waals surface area contributed by atoms with Crippen molar-refractivity contribution in [2.24, 2.45) is 0 Å². The molecule has 0 aliphatic heterocycles. The van der Waals surface area contributed by atoms with Crippen LogP contribution in [0.15, 0.2) is 18.3 Å². The monoisotopic (exact) mass is 243 g/mol. The third kappa shape index (κ3) is 4.37. The van der Waals surface area contributed by atoms with Crippen molar-refractivity contribution >= 4 is 11.6 Å². The fourth-order valence-electron chi connectivity index (χ4n) is 1.14. The van der Waals surface area contributed by atoms with Gasteiger partial charge in [-0.15, -0.1) is 11.6 Å². The summed E-state index contributed by atoms with van der Waals surface area (Å²) in [5.41, 5.74) is 0.674. The molecule has 0 N–H and O–H groups in total. The molecule has 0 aliphatic carbocycles. The molecule has 16 heavy (non-hydrogen) atoms. The molecule has 1 aromatic rings. The molecule has 0 amide bonds. The minimum Gasteiger partial charge on any atom is -0.493 e. The first kappa shape index (κ1) is 13.3. The number of pyridine rings is 1. The molecule has 90 valence electrons. The van der Waals surface area contributed by atoms with Crippen molar-refractivity contribution in [1.29, 1.82) is 0 Å². The van der Waals surface area contributed by atoms with Gasteiger partial charge in [-0.05, 0) is 19.9 Å². The first-order valence-corrected chi connectivity index (χ1v) is 5.80. The zero-order valence-electron chi connectivity index (χ0n) is 10.00. The van der Waals surface area contributed by atoms with Gasteiger partial charge >= 0.3 is 0 Å². The van der Waals surface area contributed by atoms with Crippen LogP contribution < -0.4 is 4.74 Å². The maximum Gasteiger partial charge on any atom is 0.122 e. The minimum absolute atomic E-state index is 0.150. The number of hydrogen-bond donors (Lipinski definition) is 0. The summed E-state index contributed by atoms with van der Waals surface area (Å²) in [5, 5.41) is 0. The van der Waals surface area contributed by atoms with Gasteiger partial charge in [-0.1, -0.05) is 0 Å². The smallest absolute Gasteiger partial charge is 0.122 e. The van der Waals surface area contributed by atoms with Gasteiger partial charge in [-0.3, -0.25) is 4.98 Å². The Labute approximate surface area is 102 Å². The highest BCUT2D eigenvalue weighted by atomic mass is 35.5. The van der Waals surface area contributed by atoms with Crippen LogP contribution in [0.5, 0.6) is 5.75 Å². The summed E-state index contributed by atoms with van der Waals surface area (Å²) >= 11 is 5.69. The van der Waals surface area contributed by atoms with Crippen LogP contribution in [0.25, 0.3) is 0 Å². The summed E-state index contributed by atoms with van der Waals surface area (Å²) in [6, 6.07) is 3.68. The van der Waals surface area contributed by atoms with Crippen LogP contribution in [0.4, 0.5) is 0 Å². The largest absolute Gasteiger partial charge is 0.493 e. The lowest BCUT2D eigenvalue weighted by atomic mass is 10.1. The number of hydrogen-bond acceptors (Lipinski definition) is 3. The highest BCUT2D eigenvalue weighted by Gasteiger charge is 2.15. The van der Waals surface area contributed by atoms with E-state index in [0.717, 1.165) is 17.9 Å². The lowest BCUT2D eigenvalue weighted by Crippen LogP contribution is -2.25. The normalized spacial score (nSPS) is 11.5. The molecule has 0 aliphatic rings. The number of nitrogens with zero attached hydrogens (tertiary/aromatic N) is 1. The molecule has 1 aromatic heterocycles. The number of alkyl halides is 1. The van der Waals surface area contributed by atoms with Gasteiger partial charge in [0.15, 0.2) is 0 Å². The predicted molar refractivity (Wildman–Crippen MR) is 65.0 cm³/mol. The molecule has 0 atom stereocenters. The third-order valence-electron chi connectivity index (χ3n) is 2.45. The molecule has 3 nitrogen and oxygen atoms in total. The van der Waals surface area contributed by atoms with E-state index in [1.807, 2.05) is 26.0 Å². The molecule has 0 fully saturated rings. The molecule has 0 saturated carbocycles. The predicted octanol–water partition coefficient (Wildman–Crippen LogP) is 3.01. The van der Waals surface area contributed by atoms with Crippen molar-refractivity contribution in [3.63, 3.8) is 0 Å². The molecule has 1 heterocycles. The molecule has 0 spiro atoms. The molecular formula is C12H18ClNO2. The quantitative estimate of drug-likeness (QED) is 0.720. The Hall–Kier alpha value is -0.800. The van der Waals surface area contributed by atoms with Gasteiger partial charge in [-0.2, -0.15) is 0 Å². The second-order valence-electron chi connectivity index (χ2n) is 4.18. The maximum absolute atomic E-state index is 5.69. The lowest BCUT2D eigenvalue weighted by Gasteiger charge is -2.22. The van der Waals surface area contributed by atoms with E-state index in [1.54, 1.807) is 13.3 Å². The number of halogens is 1. The molecule has 4 heteroatoms. The second kappa shape index (κ2) is 6.06. The van der Waals surface area contributed by atoms with E-state index in [4.69, 9.17) is 21.1 Å². The van der Waals surface area contributed by atoms with Gasteiger partial charge < -0.3 is 9.47 Å². The van der Waals surface area contributed by atoms with Crippen LogP contribution in [0.1, 0.15) is 26.0 Å². The second-order valence-corrected chi connectivity index (χ2v) is 4.45. The Kier molecular flexibility index (Phi) is 5.03. The van der Waals surface area contributed by atoms with Crippen LogP contribution in [0.2, 0.25) is 0 Å². The van der Waals surface area contributed by atoms with Crippen molar-refractivity contribution < 1.29 is 9.47 Å². The highest BCUT2D eigenvalue weighted by Crippen LogP contribution is 2.16. The van der Waals surface area contributed by atoms with E-state index >= 15 is 0 Å². The number of ether oxygens (including phenoxy) is 2. The molecular weight excluding hydrogens is 226 g/mol. The number of rotatable bonds is 6. The van der Waals surface area contributed by atoms with Crippen molar-refractivity contribution in [3.8, 4) is 5.75 Å². The van der Waals surface area contributed by atoms with Gasteiger partial charge in [0.25, 0.3) is 0 Å². The summed E-state index contributed by atoms with van der Waals surface area (Å²) in [5.74, 6) is 1.21. The van der Waals surface area contributed by atoms with E-state index < -0.39 is 0 Å². The summed E-state index contributed by atoms with van der Waals surface area (Å²) in [6.07, 6.45) is 2.54. The summed E-state index contributed by atoms with van der Waals surface area (Å²) < 4.78 is 10.9. The Morgan fingerprint density at radius 2 is 2.19 bits per heavy atom. The fraction of sp³-hybridized carbons (Fsp3) is 0.583. The van der Waals surface area contributed by atoms with Gasteiger partial charge in [0.1, 0.15) is 5.75 Å². The number of aromatic nitrogens is 1. The summed E-state index contributed by atoms with van der Waals surface area (Å²) in [6.45, 7) is 4.69. The van der Waals surface area contributed by atoms with E-state index in [-0.39, 0.29) is 5.60 Å². The zero-order chi connectivity index (χ0) is 12.0. The van der Waals surface area contributed by atoms with Crippen molar-refractivity contribution in [2.75, 3.05) is 13.7 Å². The maximum atomic E-state index is 5.69. The first-order valence-electron chi connectivity index (χ1n) is 5.26. The summed E-state index contributed by atoms with van der Waals surface area (Å²) in [7, 11) is 1.71. The topological polar surface area (TPSA) is 31.4 Å². The lowest BCUT2D eigenvalue weighted by molar-refractivity contribution is 0.00545. The van der Waals surface area contributed by atoms with Crippen LogP contribution in [0, 0.1) is 0 Å². The average Bonchev–Trinajstić information content (AvgIpc) is 2.29. The van der Waals surface area contributed by atoms with E-state index in [0.29, 0.717) is 12.5 Å². The van der Waals surface area contributed by atoms with Crippen molar-refractivity contribution in [3.05, 3.63) is 24.0 Å². The van der Waals surface area contributed by atoms with E-state index in [2.05, 4.69) is 4.98 Å². The minimum atomic E-state index is -0.150. The molecule has 0 saturated heterocycles. The van der Waals surface area contributed by atoms with E-state index in [1.165, 1.54) is 0 Å². The molecule has 1 rings (SSSR count). The van der Waals surface area contributed by atoms with Gasteiger partial charge in [0.2, 0.25) is 0 Å². The van der Waals surface area contributed by atoms with Gasteiger partial charge in [0.05, 0.1) is 23.8 Å². The van der Waals surface area contributed by atoms with Gasteiger partial charge in [-0.25, -0.2) is 0 Å². The van der Waals surface area contributed by atoms with Crippen LogP contribution in [-0.4, -0.2) is 24.3 Å². The molecule has 0 radical (unpaired) electrons. The van der Waals surface area contributed by atoms with E-state index in [9.17, 15) is 0 Å². The van der Waals surface area contributed by atoms with Crippen LogP contribution in [-0.2, 0) is 10.6 Å². The summed E-state index contributed by atoms with van der Waals surface area (Å²) in [4.78, 5) is 4.09. The fourth-order valence-corrected chi connectivity index (χ4v) is 1.28. The molecule has 0 unspecified atom stereocenters. The number of methoxy groups -OCH3 is 1. The molecule has 0 aromatic carbocycles. The molecule has 0 bridgehead atoms. The Morgan fingerprint density at radius 3 is 2.81 bits per heavy atom. The van der Waals surface area contributed by atoms with Crippen molar-refractivity contribution in [2.45, 2.75) is 31.7 Å². The third-order valence-corrected chi connectivity index (χ3v) is 2.72. The van der Waals surface area contributed by atoms with Crippen LogP contribution >= 0.6 is 11.6 Å². The SMILES string of the molecule is COC(C)(C)CCOc1ccnc(CCl)c1. The Bertz CT molecular complexity index is 329. The van der Waals surface area contributed by atoms with Crippen molar-refractivity contribution in [1.82, 2.24) is 4.98 Å². The average molecular weight is 244 g/mol. The Balaban J connectivity index is 2.42. The van der Waals surface area contributed by atoms with Gasteiger partial charge in [0, 0.05) is 25.8 Å². The Morgan fingerprint density at radius 1 is 1.44 bits per heavy atom.